The SMILES string of the molecule is CCCCCCC=CCCCCCCCCCC(=O)O[C@H](COC=CCCCCCCCCCCCCCC)COP(=O)(O)OCCN. The van der Waals surface area contributed by atoms with E-state index in [0.717, 1.165) is 32.1 Å². The van der Waals surface area contributed by atoms with Crippen LogP contribution in [-0.4, -0.2) is 43.3 Å². The summed E-state index contributed by atoms with van der Waals surface area (Å²) in [4.78, 5) is 22.4. The summed E-state index contributed by atoms with van der Waals surface area (Å²) in [6.07, 6.45) is 39.9. The lowest BCUT2D eigenvalue weighted by Crippen LogP contribution is -2.27. The summed E-state index contributed by atoms with van der Waals surface area (Å²) in [5.41, 5.74) is 5.35. The van der Waals surface area contributed by atoms with Crippen LogP contribution in [0.25, 0.3) is 0 Å². The van der Waals surface area contributed by atoms with Gasteiger partial charge in [0.05, 0.1) is 19.5 Å². The standard InChI is InChI=1S/C39H76NO7P/c1-3-5-7-9-11-13-15-17-19-20-22-24-26-28-30-32-39(41)47-38(37-46-48(42,43)45-35-33-40)36-44-34-31-29-27-25-23-21-18-16-14-12-10-8-6-4-2/h13,15,31,34,38H,3-12,14,16-30,32-33,35-37,40H2,1-2H3,(H,42,43)/t38-/m1/s1. The maximum atomic E-state index is 12.5. The first-order chi connectivity index (χ1) is 23.4. The van der Waals surface area contributed by atoms with Gasteiger partial charge in [-0.25, -0.2) is 4.57 Å². The van der Waals surface area contributed by atoms with Crippen LogP contribution in [0.1, 0.15) is 187 Å². The molecule has 0 aliphatic heterocycles. The summed E-state index contributed by atoms with van der Waals surface area (Å²) >= 11 is 0. The molecule has 1 unspecified atom stereocenters. The van der Waals surface area contributed by atoms with Crippen molar-refractivity contribution < 1.29 is 32.8 Å². The third-order valence-electron chi connectivity index (χ3n) is 8.44. The van der Waals surface area contributed by atoms with E-state index in [1.54, 1.807) is 6.26 Å². The van der Waals surface area contributed by atoms with E-state index in [2.05, 4.69) is 26.0 Å². The Kier molecular flexibility index (Phi) is 36.2. The Labute approximate surface area is 296 Å². The number of rotatable bonds is 38. The fourth-order valence-corrected chi connectivity index (χ4v) is 6.25. The summed E-state index contributed by atoms with van der Waals surface area (Å²) in [5, 5.41) is 0. The van der Waals surface area contributed by atoms with Crippen molar-refractivity contribution in [2.24, 2.45) is 5.73 Å². The van der Waals surface area contributed by atoms with Gasteiger partial charge in [-0.2, -0.15) is 0 Å². The van der Waals surface area contributed by atoms with E-state index in [-0.39, 0.29) is 32.3 Å². The van der Waals surface area contributed by atoms with Crippen LogP contribution in [0.4, 0.5) is 0 Å². The molecule has 0 aliphatic carbocycles. The zero-order valence-electron chi connectivity index (χ0n) is 31.2. The molecule has 0 rings (SSSR count). The van der Waals surface area contributed by atoms with E-state index in [1.807, 2.05) is 6.08 Å². The highest BCUT2D eigenvalue weighted by atomic mass is 31.2. The summed E-state index contributed by atoms with van der Waals surface area (Å²) in [6, 6.07) is 0. The molecular formula is C39H76NO7P. The number of esters is 1. The lowest BCUT2D eigenvalue weighted by Gasteiger charge is -2.19. The average molecular weight is 702 g/mol. The van der Waals surface area contributed by atoms with Gasteiger partial charge in [-0.3, -0.25) is 13.8 Å². The number of ether oxygens (including phenoxy) is 2. The Morgan fingerprint density at radius 3 is 1.56 bits per heavy atom. The van der Waals surface area contributed by atoms with Gasteiger partial charge >= 0.3 is 13.8 Å². The Bertz CT molecular complexity index is 792. The summed E-state index contributed by atoms with van der Waals surface area (Å²) in [5.74, 6) is -0.357. The predicted molar refractivity (Wildman–Crippen MR) is 201 cm³/mol. The Hall–Kier alpha value is -1.18. The molecule has 0 saturated carbocycles. The number of hydrogen-bond donors (Lipinski definition) is 2. The number of phosphoric ester groups is 1. The van der Waals surface area contributed by atoms with Crippen LogP contribution < -0.4 is 5.73 Å². The van der Waals surface area contributed by atoms with Crippen molar-refractivity contribution >= 4 is 13.8 Å². The molecule has 0 aromatic carbocycles. The van der Waals surface area contributed by atoms with Crippen molar-refractivity contribution in [1.29, 1.82) is 0 Å². The van der Waals surface area contributed by atoms with Crippen LogP contribution in [0.15, 0.2) is 24.5 Å². The van der Waals surface area contributed by atoms with Crippen LogP contribution in [-0.2, 0) is 27.9 Å². The fraction of sp³-hybridized carbons (Fsp3) is 0.872. The summed E-state index contributed by atoms with van der Waals surface area (Å²) < 4.78 is 33.1. The van der Waals surface area contributed by atoms with E-state index in [9.17, 15) is 14.3 Å². The average Bonchev–Trinajstić information content (AvgIpc) is 3.07. The van der Waals surface area contributed by atoms with Gasteiger partial charge in [0, 0.05) is 13.0 Å². The quantitative estimate of drug-likeness (QED) is 0.0215. The molecule has 0 aliphatic rings. The number of carbonyl (C=O) groups is 1. The fourth-order valence-electron chi connectivity index (χ4n) is 5.49. The normalized spacial score (nSPS) is 13.8. The van der Waals surface area contributed by atoms with Gasteiger partial charge in [-0.05, 0) is 51.0 Å². The van der Waals surface area contributed by atoms with Crippen LogP contribution in [0.2, 0.25) is 0 Å². The highest BCUT2D eigenvalue weighted by molar-refractivity contribution is 7.47. The van der Waals surface area contributed by atoms with Crippen LogP contribution in [0, 0.1) is 0 Å². The minimum atomic E-state index is -4.28. The van der Waals surface area contributed by atoms with Gasteiger partial charge in [0.25, 0.3) is 0 Å². The minimum Gasteiger partial charge on any atom is -0.498 e. The van der Waals surface area contributed by atoms with Crippen molar-refractivity contribution in [1.82, 2.24) is 0 Å². The minimum absolute atomic E-state index is 0.0334. The first-order valence-electron chi connectivity index (χ1n) is 19.9. The number of phosphoric acid groups is 1. The van der Waals surface area contributed by atoms with E-state index < -0.39 is 13.9 Å². The predicted octanol–water partition coefficient (Wildman–Crippen LogP) is 11.6. The Morgan fingerprint density at radius 2 is 1.06 bits per heavy atom. The molecule has 0 fully saturated rings. The Morgan fingerprint density at radius 1 is 0.625 bits per heavy atom. The van der Waals surface area contributed by atoms with Crippen molar-refractivity contribution in [3.8, 4) is 0 Å². The highest BCUT2D eigenvalue weighted by Gasteiger charge is 2.25. The molecular weight excluding hydrogens is 625 g/mol. The largest absolute Gasteiger partial charge is 0.498 e. The summed E-state index contributed by atoms with van der Waals surface area (Å²) in [6.45, 7) is 4.23. The van der Waals surface area contributed by atoms with Crippen LogP contribution >= 0.6 is 7.82 Å². The zero-order valence-corrected chi connectivity index (χ0v) is 32.1. The van der Waals surface area contributed by atoms with Crippen molar-refractivity contribution in [2.45, 2.75) is 193 Å². The number of nitrogens with two attached hydrogens (primary N) is 1. The third kappa shape index (κ3) is 36.1. The lowest BCUT2D eigenvalue weighted by atomic mass is 10.0. The zero-order chi connectivity index (χ0) is 35.2. The second-order valence-electron chi connectivity index (χ2n) is 13.2. The molecule has 0 aromatic rings. The van der Waals surface area contributed by atoms with Gasteiger partial charge in [0.15, 0.2) is 6.10 Å². The van der Waals surface area contributed by atoms with Crippen LogP contribution in [0.5, 0.6) is 0 Å². The van der Waals surface area contributed by atoms with Crippen molar-refractivity contribution in [3.05, 3.63) is 24.5 Å². The monoisotopic (exact) mass is 702 g/mol. The second-order valence-corrected chi connectivity index (χ2v) is 14.7. The van der Waals surface area contributed by atoms with Gasteiger partial charge in [-0.1, -0.05) is 148 Å². The molecule has 48 heavy (non-hydrogen) atoms. The highest BCUT2D eigenvalue weighted by Crippen LogP contribution is 2.43. The van der Waals surface area contributed by atoms with Gasteiger partial charge < -0.3 is 20.1 Å². The van der Waals surface area contributed by atoms with Gasteiger partial charge in [0.1, 0.15) is 6.61 Å². The molecule has 3 N–H and O–H groups in total. The number of carbonyl (C=O) groups excluding carboxylic acids is 1. The smallest absolute Gasteiger partial charge is 0.472 e. The summed E-state index contributed by atoms with van der Waals surface area (Å²) in [7, 11) is -4.28. The molecule has 0 spiro atoms. The topological polar surface area (TPSA) is 117 Å². The molecule has 0 saturated heterocycles. The second kappa shape index (κ2) is 37.1. The third-order valence-corrected chi connectivity index (χ3v) is 9.42. The van der Waals surface area contributed by atoms with E-state index in [4.69, 9.17) is 24.3 Å². The lowest BCUT2D eigenvalue weighted by molar-refractivity contribution is -0.153. The number of unbranched alkanes of at least 4 members (excludes halogenated alkanes) is 23. The van der Waals surface area contributed by atoms with Crippen molar-refractivity contribution in [2.75, 3.05) is 26.4 Å². The molecule has 0 bridgehead atoms. The van der Waals surface area contributed by atoms with Gasteiger partial charge in [0.2, 0.25) is 0 Å². The molecule has 8 nitrogen and oxygen atoms in total. The molecule has 0 amide bonds. The molecule has 0 aromatic heterocycles. The molecule has 2 atom stereocenters. The Balaban J connectivity index is 4.12. The molecule has 284 valence electrons. The van der Waals surface area contributed by atoms with Gasteiger partial charge in [-0.15, -0.1) is 0 Å². The molecule has 0 heterocycles. The molecule has 9 heteroatoms. The van der Waals surface area contributed by atoms with E-state index in [1.165, 1.54) is 135 Å². The van der Waals surface area contributed by atoms with Crippen molar-refractivity contribution in [3.63, 3.8) is 0 Å². The molecule has 0 radical (unpaired) electrons. The number of hydrogen-bond acceptors (Lipinski definition) is 7. The van der Waals surface area contributed by atoms with Crippen LogP contribution in [0.3, 0.4) is 0 Å². The number of allylic oxidation sites excluding steroid dienone is 3. The first kappa shape index (κ1) is 46.8. The maximum Gasteiger partial charge on any atom is 0.472 e. The van der Waals surface area contributed by atoms with E-state index in [0.29, 0.717) is 6.42 Å². The maximum absolute atomic E-state index is 12.5. The van der Waals surface area contributed by atoms with E-state index >= 15 is 0 Å². The first-order valence-corrected chi connectivity index (χ1v) is 21.4.